The Labute approximate surface area is 164 Å². The first-order valence-electron chi connectivity index (χ1n) is 7.71. The number of benzene rings is 2. The van der Waals surface area contributed by atoms with Crippen LogP contribution in [0.2, 0.25) is 0 Å². The van der Waals surface area contributed by atoms with E-state index in [2.05, 4.69) is 4.74 Å². The summed E-state index contributed by atoms with van der Waals surface area (Å²) >= 11 is 0. The van der Waals surface area contributed by atoms with Crippen LogP contribution in [0.4, 0.5) is 43.9 Å². The third kappa shape index (κ3) is 4.27. The third-order valence-corrected chi connectivity index (χ3v) is 3.95. The monoisotopic (exact) mass is 464 g/mol. The standard InChI is InChI=1S/C17H6F10O4/c18-6-3(7(19)11(23)14(26)10(6)22)1-4(16(28)29)17(30)31-2-5-8(20)12(24)15(27)13(25)9(5)21/h4H,1-2H2,(H,28,29). The molecule has 0 heterocycles. The molecule has 0 aliphatic carbocycles. The first-order chi connectivity index (χ1) is 14.3. The van der Waals surface area contributed by atoms with Crippen LogP contribution in [0.25, 0.3) is 0 Å². The molecule has 2 aromatic carbocycles. The van der Waals surface area contributed by atoms with Crippen molar-refractivity contribution in [2.24, 2.45) is 5.92 Å². The number of esters is 1. The lowest BCUT2D eigenvalue weighted by Gasteiger charge is -2.15. The van der Waals surface area contributed by atoms with E-state index in [4.69, 9.17) is 5.11 Å². The van der Waals surface area contributed by atoms with Crippen molar-refractivity contribution in [2.75, 3.05) is 0 Å². The number of carboxylic acid groups (broad SMARTS) is 1. The largest absolute Gasteiger partial charge is 0.481 e. The van der Waals surface area contributed by atoms with Gasteiger partial charge in [0.2, 0.25) is 11.6 Å². The molecule has 168 valence electrons. The molecule has 0 spiro atoms. The summed E-state index contributed by atoms with van der Waals surface area (Å²) in [6.45, 7) is -1.70. The molecule has 31 heavy (non-hydrogen) atoms. The molecule has 0 aromatic heterocycles. The topological polar surface area (TPSA) is 63.6 Å². The molecular weight excluding hydrogens is 458 g/mol. The molecular formula is C17H6F10O4. The molecule has 4 nitrogen and oxygen atoms in total. The van der Waals surface area contributed by atoms with Gasteiger partial charge >= 0.3 is 11.9 Å². The van der Waals surface area contributed by atoms with Crippen LogP contribution in [-0.2, 0) is 27.4 Å². The Morgan fingerprint density at radius 1 is 0.613 bits per heavy atom. The number of carbonyl (C=O) groups is 2. The summed E-state index contributed by atoms with van der Waals surface area (Å²) in [6, 6.07) is 0. The Morgan fingerprint density at radius 2 is 0.935 bits per heavy atom. The highest BCUT2D eigenvalue weighted by Crippen LogP contribution is 2.27. The van der Waals surface area contributed by atoms with E-state index in [0.717, 1.165) is 0 Å². The van der Waals surface area contributed by atoms with Gasteiger partial charge in [0.25, 0.3) is 0 Å². The summed E-state index contributed by atoms with van der Waals surface area (Å²) in [7, 11) is 0. The minimum Gasteiger partial charge on any atom is -0.481 e. The molecule has 1 N–H and O–H groups in total. The predicted octanol–water partition coefficient (Wildman–Crippen LogP) is 4.06. The van der Waals surface area contributed by atoms with Crippen LogP contribution in [0.3, 0.4) is 0 Å². The lowest BCUT2D eigenvalue weighted by Crippen LogP contribution is -2.29. The van der Waals surface area contributed by atoms with E-state index in [-0.39, 0.29) is 0 Å². The Bertz CT molecular complexity index is 1030. The minimum atomic E-state index is -2.67. The predicted molar refractivity (Wildman–Crippen MR) is 77.1 cm³/mol. The van der Waals surface area contributed by atoms with Crippen molar-refractivity contribution >= 4 is 11.9 Å². The number of carbonyl (C=O) groups excluding carboxylic acids is 1. The Balaban J connectivity index is 2.34. The van der Waals surface area contributed by atoms with Gasteiger partial charge in [0.1, 0.15) is 6.61 Å². The van der Waals surface area contributed by atoms with E-state index < -0.39 is 100 Å². The fourth-order valence-electron chi connectivity index (χ4n) is 2.33. The normalized spacial score (nSPS) is 12.1. The Morgan fingerprint density at radius 3 is 1.29 bits per heavy atom. The zero-order valence-electron chi connectivity index (χ0n) is 14.4. The second kappa shape index (κ2) is 8.81. The lowest BCUT2D eigenvalue weighted by molar-refractivity contribution is -0.159. The van der Waals surface area contributed by atoms with E-state index in [9.17, 15) is 53.5 Å². The Kier molecular flexibility index (Phi) is 6.81. The fraction of sp³-hybridized carbons (Fsp3) is 0.176. The second-order valence-corrected chi connectivity index (χ2v) is 5.80. The number of rotatable bonds is 6. The highest BCUT2D eigenvalue weighted by atomic mass is 19.2. The van der Waals surface area contributed by atoms with Crippen molar-refractivity contribution in [2.45, 2.75) is 13.0 Å². The van der Waals surface area contributed by atoms with Gasteiger partial charge < -0.3 is 9.84 Å². The molecule has 0 saturated carbocycles. The summed E-state index contributed by atoms with van der Waals surface area (Å²) < 4.78 is 137. The van der Waals surface area contributed by atoms with E-state index in [0.29, 0.717) is 0 Å². The number of ether oxygens (including phenoxy) is 1. The number of hydrogen-bond acceptors (Lipinski definition) is 3. The van der Waals surface area contributed by atoms with Crippen LogP contribution in [0.15, 0.2) is 0 Å². The average Bonchev–Trinajstić information content (AvgIpc) is 2.73. The van der Waals surface area contributed by atoms with Crippen LogP contribution in [0.5, 0.6) is 0 Å². The first kappa shape index (κ1) is 24.0. The first-order valence-corrected chi connectivity index (χ1v) is 7.71. The molecule has 1 atom stereocenters. The van der Waals surface area contributed by atoms with Crippen molar-refractivity contribution in [1.29, 1.82) is 0 Å². The highest BCUT2D eigenvalue weighted by Gasteiger charge is 2.35. The van der Waals surface area contributed by atoms with E-state index in [1.54, 1.807) is 0 Å². The molecule has 0 saturated heterocycles. The van der Waals surface area contributed by atoms with Gasteiger partial charge in [-0.25, -0.2) is 43.9 Å². The van der Waals surface area contributed by atoms with Gasteiger partial charge in [-0.3, -0.25) is 9.59 Å². The number of carboxylic acids is 1. The van der Waals surface area contributed by atoms with E-state index >= 15 is 0 Å². The van der Waals surface area contributed by atoms with Crippen molar-refractivity contribution in [3.05, 3.63) is 69.3 Å². The zero-order valence-corrected chi connectivity index (χ0v) is 14.4. The van der Waals surface area contributed by atoms with Crippen LogP contribution in [-0.4, -0.2) is 17.0 Å². The molecule has 0 aliphatic heterocycles. The summed E-state index contributed by atoms with van der Waals surface area (Å²) in [6.07, 6.45) is -1.66. The summed E-state index contributed by atoms with van der Waals surface area (Å²) in [5, 5.41) is 8.99. The quantitative estimate of drug-likeness (QED) is 0.230. The Hall–Kier alpha value is -3.32. The molecule has 1 unspecified atom stereocenters. The van der Waals surface area contributed by atoms with Crippen LogP contribution >= 0.6 is 0 Å². The summed E-state index contributed by atoms with van der Waals surface area (Å²) in [5.74, 6) is -31.4. The fourth-order valence-corrected chi connectivity index (χ4v) is 2.33. The van der Waals surface area contributed by atoms with Crippen molar-refractivity contribution in [3.8, 4) is 0 Å². The van der Waals surface area contributed by atoms with Crippen molar-refractivity contribution < 1.29 is 63.3 Å². The van der Waals surface area contributed by atoms with Gasteiger partial charge in [-0.15, -0.1) is 0 Å². The highest BCUT2D eigenvalue weighted by molar-refractivity contribution is 5.94. The molecule has 0 fully saturated rings. The minimum absolute atomic E-state index is 1.66. The number of hydrogen-bond donors (Lipinski definition) is 1. The molecule has 0 bridgehead atoms. The summed E-state index contributed by atoms with van der Waals surface area (Å²) in [4.78, 5) is 23.0. The number of halogens is 10. The molecule has 0 radical (unpaired) electrons. The number of aliphatic carboxylic acids is 1. The second-order valence-electron chi connectivity index (χ2n) is 5.80. The maximum Gasteiger partial charge on any atom is 0.321 e. The van der Waals surface area contributed by atoms with Crippen LogP contribution in [0, 0.1) is 64.1 Å². The molecule has 0 amide bonds. The van der Waals surface area contributed by atoms with Gasteiger partial charge in [0.05, 0.1) is 5.56 Å². The third-order valence-electron chi connectivity index (χ3n) is 3.95. The van der Waals surface area contributed by atoms with Crippen LogP contribution in [0.1, 0.15) is 11.1 Å². The molecule has 14 heteroatoms. The summed E-state index contributed by atoms with van der Waals surface area (Å²) in [5.41, 5.74) is -3.39. The average molecular weight is 464 g/mol. The maximum absolute atomic E-state index is 13.7. The molecule has 2 aromatic rings. The van der Waals surface area contributed by atoms with Gasteiger partial charge in [-0.2, -0.15) is 0 Å². The van der Waals surface area contributed by atoms with E-state index in [1.165, 1.54) is 0 Å². The molecule has 2 rings (SSSR count). The lowest BCUT2D eigenvalue weighted by atomic mass is 9.98. The van der Waals surface area contributed by atoms with Gasteiger partial charge in [-0.05, 0) is 0 Å². The van der Waals surface area contributed by atoms with Crippen molar-refractivity contribution in [3.63, 3.8) is 0 Å². The van der Waals surface area contributed by atoms with Crippen LogP contribution < -0.4 is 0 Å². The smallest absolute Gasteiger partial charge is 0.321 e. The molecule has 0 aliphatic rings. The van der Waals surface area contributed by atoms with Gasteiger partial charge in [-0.1, -0.05) is 0 Å². The SMILES string of the molecule is O=C(O)C(Cc1c(F)c(F)c(F)c(F)c1F)C(=O)OCc1c(F)c(F)c(F)c(F)c1F. The zero-order chi connectivity index (χ0) is 23.8. The van der Waals surface area contributed by atoms with Gasteiger partial charge in [0.15, 0.2) is 52.5 Å². The van der Waals surface area contributed by atoms with Gasteiger partial charge in [0, 0.05) is 12.0 Å². The maximum atomic E-state index is 13.7. The van der Waals surface area contributed by atoms with E-state index in [1.807, 2.05) is 0 Å². The van der Waals surface area contributed by atoms with Crippen molar-refractivity contribution in [1.82, 2.24) is 0 Å².